The summed E-state index contributed by atoms with van der Waals surface area (Å²) < 4.78 is 5.74. The SMILES string of the molecule is Clc1ccc(OCCc2cc([C@H]3CCN(c4ncccn4)C3)n[nH]2)cc1. The molecule has 4 rings (SSSR count). The van der Waals surface area contributed by atoms with E-state index in [-0.39, 0.29) is 0 Å². The Morgan fingerprint density at radius 1 is 1.19 bits per heavy atom. The summed E-state index contributed by atoms with van der Waals surface area (Å²) in [6, 6.07) is 11.4. The van der Waals surface area contributed by atoms with Crippen molar-refractivity contribution in [3.05, 3.63) is 65.2 Å². The van der Waals surface area contributed by atoms with Crippen molar-refractivity contribution in [2.75, 3.05) is 24.6 Å². The summed E-state index contributed by atoms with van der Waals surface area (Å²) in [6.45, 7) is 2.45. The number of halogens is 1. The average Bonchev–Trinajstić information content (AvgIpc) is 3.33. The summed E-state index contributed by atoms with van der Waals surface area (Å²) >= 11 is 5.88. The third-order valence-electron chi connectivity index (χ3n) is 4.55. The van der Waals surface area contributed by atoms with Crippen molar-refractivity contribution < 1.29 is 4.74 Å². The molecule has 0 unspecified atom stereocenters. The van der Waals surface area contributed by atoms with Crippen LogP contribution in [0.2, 0.25) is 5.02 Å². The summed E-state index contributed by atoms with van der Waals surface area (Å²) in [7, 11) is 0. The molecule has 0 spiro atoms. The van der Waals surface area contributed by atoms with E-state index in [4.69, 9.17) is 16.3 Å². The van der Waals surface area contributed by atoms with Crippen molar-refractivity contribution in [1.29, 1.82) is 0 Å². The molecule has 1 fully saturated rings. The third kappa shape index (κ3) is 3.96. The fraction of sp³-hybridized carbons (Fsp3) is 0.316. The first kappa shape index (κ1) is 16.8. The van der Waals surface area contributed by atoms with Crippen LogP contribution in [-0.2, 0) is 6.42 Å². The molecule has 7 heteroatoms. The minimum atomic E-state index is 0.404. The van der Waals surface area contributed by atoms with Gasteiger partial charge in [-0.15, -0.1) is 0 Å². The Hall–Kier alpha value is -2.60. The highest BCUT2D eigenvalue weighted by atomic mass is 35.5. The molecule has 26 heavy (non-hydrogen) atoms. The van der Waals surface area contributed by atoms with Gasteiger partial charge in [0.25, 0.3) is 0 Å². The van der Waals surface area contributed by atoms with Crippen LogP contribution < -0.4 is 9.64 Å². The number of hydrogen-bond donors (Lipinski definition) is 1. The molecule has 1 atom stereocenters. The minimum absolute atomic E-state index is 0.404. The largest absolute Gasteiger partial charge is 0.493 e. The van der Waals surface area contributed by atoms with Gasteiger partial charge in [-0.1, -0.05) is 11.6 Å². The molecule has 1 N–H and O–H groups in total. The van der Waals surface area contributed by atoms with Crippen LogP contribution in [0.15, 0.2) is 48.8 Å². The Kier molecular flexibility index (Phi) is 5.02. The first-order valence-corrected chi connectivity index (χ1v) is 9.10. The molecule has 1 aromatic carbocycles. The van der Waals surface area contributed by atoms with E-state index in [1.165, 1.54) is 0 Å². The average molecular weight is 370 g/mol. The predicted octanol–water partition coefficient (Wildman–Crippen LogP) is 3.47. The second kappa shape index (κ2) is 7.74. The lowest BCUT2D eigenvalue weighted by atomic mass is 10.0. The maximum absolute atomic E-state index is 5.88. The number of ether oxygens (including phenoxy) is 1. The minimum Gasteiger partial charge on any atom is -0.493 e. The zero-order valence-electron chi connectivity index (χ0n) is 14.3. The van der Waals surface area contributed by atoms with Gasteiger partial charge in [-0.2, -0.15) is 5.10 Å². The number of nitrogens with one attached hydrogen (secondary N) is 1. The predicted molar refractivity (Wildman–Crippen MR) is 101 cm³/mol. The Morgan fingerprint density at radius 3 is 2.81 bits per heavy atom. The summed E-state index contributed by atoms with van der Waals surface area (Å²) in [5.74, 6) is 2.02. The van der Waals surface area contributed by atoms with Gasteiger partial charge in [-0.3, -0.25) is 5.10 Å². The van der Waals surface area contributed by atoms with Gasteiger partial charge in [0.2, 0.25) is 5.95 Å². The molecule has 1 aliphatic heterocycles. The normalized spacial score (nSPS) is 16.8. The van der Waals surface area contributed by atoms with Gasteiger partial charge in [0.15, 0.2) is 0 Å². The van der Waals surface area contributed by atoms with Crippen LogP contribution in [0.25, 0.3) is 0 Å². The van der Waals surface area contributed by atoms with Gasteiger partial charge in [-0.05, 0) is 42.8 Å². The molecule has 0 saturated carbocycles. The maximum atomic E-state index is 5.88. The van der Waals surface area contributed by atoms with E-state index in [2.05, 4.69) is 31.1 Å². The molecule has 0 radical (unpaired) electrons. The van der Waals surface area contributed by atoms with Crippen LogP contribution in [0.3, 0.4) is 0 Å². The van der Waals surface area contributed by atoms with E-state index in [0.717, 1.165) is 49.0 Å². The standard InChI is InChI=1S/C19H20ClN5O/c20-15-2-4-17(5-3-15)26-11-7-16-12-18(24-23-16)14-6-10-25(13-14)19-21-8-1-9-22-19/h1-5,8-9,12,14H,6-7,10-11,13H2,(H,23,24)/t14-/m0/s1. The van der Waals surface area contributed by atoms with Crippen molar-refractivity contribution in [2.45, 2.75) is 18.8 Å². The first-order valence-electron chi connectivity index (χ1n) is 8.72. The van der Waals surface area contributed by atoms with Crippen molar-refractivity contribution in [1.82, 2.24) is 20.2 Å². The van der Waals surface area contributed by atoms with E-state index in [0.29, 0.717) is 17.5 Å². The van der Waals surface area contributed by atoms with Crippen LogP contribution in [0.1, 0.15) is 23.7 Å². The Balaban J connectivity index is 1.30. The van der Waals surface area contributed by atoms with Crippen LogP contribution in [0, 0.1) is 0 Å². The zero-order chi connectivity index (χ0) is 17.8. The van der Waals surface area contributed by atoms with E-state index < -0.39 is 0 Å². The molecule has 3 aromatic rings. The second-order valence-corrected chi connectivity index (χ2v) is 6.79. The van der Waals surface area contributed by atoms with Gasteiger partial charge < -0.3 is 9.64 Å². The van der Waals surface area contributed by atoms with Gasteiger partial charge >= 0.3 is 0 Å². The first-order chi connectivity index (χ1) is 12.8. The van der Waals surface area contributed by atoms with Crippen LogP contribution >= 0.6 is 11.6 Å². The number of anilines is 1. The number of aromatic nitrogens is 4. The van der Waals surface area contributed by atoms with Crippen LogP contribution in [0.4, 0.5) is 5.95 Å². The molecule has 134 valence electrons. The smallest absolute Gasteiger partial charge is 0.225 e. The number of rotatable bonds is 6. The lowest BCUT2D eigenvalue weighted by molar-refractivity contribution is 0.320. The van der Waals surface area contributed by atoms with Crippen molar-refractivity contribution in [3.8, 4) is 5.75 Å². The zero-order valence-corrected chi connectivity index (χ0v) is 15.1. The van der Waals surface area contributed by atoms with E-state index in [9.17, 15) is 0 Å². The van der Waals surface area contributed by atoms with Crippen molar-refractivity contribution in [3.63, 3.8) is 0 Å². The van der Waals surface area contributed by atoms with Gasteiger partial charge in [0.1, 0.15) is 5.75 Å². The number of nitrogens with zero attached hydrogens (tertiary/aromatic N) is 4. The van der Waals surface area contributed by atoms with Crippen LogP contribution in [0.5, 0.6) is 5.75 Å². The summed E-state index contributed by atoms with van der Waals surface area (Å²) in [5, 5.41) is 8.34. The highest BCUT2D eigenvalue weighted by molar-refractivity contribution is 6.30. The lowest BCUT2D eigenvalue weighted by Crippen LogP contribution is -2.21. The molecule has 1 aliphatic rings. The molecule has 0 aliphatic carbocycles. The number of H-pyrrole nitrogens is 1. The molecule has 1 saturated heterocycles. The maximum Gasteiger partial charge on any atom is 0.225 e. The summed E-state index contributed by atoms with van der Waals surface area (Å²) in [5.41, 5.74) is 2.19. The lowest BCUT2D eigenvalue weighted by Gasteiger charge is -2.14. The van der Waals surface area contributed by atoms with E-state index >= 15 is 0 Å². The third-order valence-corrected chi connectivity index (χ3v) is 4.80. The summed E-state index contributed by atoms with van der Waals surface area (Å²) in [4.78, 5) is 10.9. The topological polar surface area (TPSA) is 66.9 Å². The molecular formula is C19H20ClN5O. The molecular weight excluding hydrogens is 350 g/mol. The molecule has 3 heterocycles. The quantitative estimate of drug-likeness (QED) is 0.720. The molecule has 2 aromatic heterocycles. The number of benzene rings is 1. The molecule has 0 amide bonds. The number of aromatic amines is 1. The van der Waals surface area contributed by atoms with Gasteiger partial charge in [0, 0.05) is 48.5 Å². The number of hydrogen-bond acceptors (Lipinski definition) is 5. The van der Waals surface area contributed by atoms with Gasteiger partial charge in [-0.25, -0.2) is 9.97 Å². The highest BCUT2D eigenvalue weighted by Gasteiger charge is 2.27. The summed E-state index contributed by atoms with van der Waals surface area (Å²) in [6.07, 6.45) is 5.41. The van der Waals surface area contributed by atoms with Gasteiger partial charge in [0.05, 0.1) is 12.3 Å². The Labute approximate surface area is 157 Å². The second-order valence-electron chi connectivity index (χ2n) is 6.35. The molecule has 0 bridgehead atoms. The Morgan fingerprint density at radius 2 is 2.00 bits per heavy atom. The molecule has 6 nitrogen and oxygen atoms in total. The fourth-order valence-corrected chi connectivity index (χ4v) is 3.29. The highest BCUT2D eigenvalue weighted by Crippen LogP contribution is 2.28. The van der Waals surface area contributed by atoms with Crippen molar-refractivity contribution >= 4 is 17.5 Å². The fourth-order valence-electron chi connectivity index (χ4n) is 3.16. The Bertz CT molecular complexity index is 837. The monoisotopic (exact) mass is 369 g/mol. The van der Waals surface area contributed by atoms with Crippen molar-refractivity contribution in [2.24, 2.45) is 0 Å². The van der Waals surface area contributed by atoms with E-state index in [1.54, 1.807) is 12.4 Å². The van der Waals surface area contributed by atoms with Crippen LogP contribution in [-0.4, -0.2) is 39.9 Å². The van der Waals surface area contributed by atoms with E-state index in [1.807, 2.05) is 30.3 Å².